The minimum atomic E-state index is -0.793. The quantitative estimate of drug-likeness (QED) is 0.775. The number of nitrogens with one attached hydrogen (secondary N) is 1. The van der Waals surface area contributed by atoms with E-state index in [0.717, 1.165) is 9.26 Å². The number of hydrogen-bond acceptors (Lipinski definition) is 3. The van der Waals surface area contributed by atoms with E-state index in [0.29, 0.717) is 19.5 Å². The molecule has 1 saturated heterocycles. The fraction of sp³-hybridized carbons (Fsp3) is 0.429. The van der Waals surface area contributed by atoms with Gasteiger partial charge in [-0.15, -0.1) is 0 Å². The van der Waals surface area contributed by atoms with Crippen molar-refractivity contribution in [1.82, 2.24) is 4.90 Å². The summed E-state index contributed by atoms with van der Waals surface area (Å²) in [7, 11) is 0. The number of nitrogens with zero attached hydrogens (tertiary/aromatic N) is 1. The largest absolute Gasteiger partial charge is 0.481 e. The van der Waals surface area contributed by atoms with E-state index in [2.05, 4.69) is 27.9 Å². The Labute approximate surface area is 131 Å². The van der Waals surface area contributed by atoms with Crippen molar-refractivity contribution in [2.24, 2.45) is 5.41 Å². The maximum atomic E-state index is 11.9. The average molecular weight is 388 g/mol. The van der Waals surface area contributed by atoms with Crippen LogP contribution < -0.4 is 5.32 Å². The molecule has 108 valence electrons. The van der Waals surface area contributed by atoms with E-state index in [4.69, 9.17) is 5.11 Å². The van der Waals surface area contributed by atoms with Crippen LogP contribution in [0.3, 0.4) is 0 Å². The lowest BCUT2D eigenvalue weighted by molar-refractivity contribution is -0.147. The molecule has 1 aromatic carbocycles. The zero-order valence-corrected chi connectivity index (χ0v) is 13.4. The summed E-state index contributed by atoms with van der Waals surface area (Å²) in [6.45, 7) is 3.02. The molecule has 2 rings (SSSR count). The van der Waals surface area contributed by atoms with E-state index in [1.54, 1.807) is 6.92 Å². The van der Waals surface area contributed by atoms with Gasteiger partial charge in [0.1, 0.15) is 0 Å². The van der Waals surface area contributed by atoms with Crippen LogP contribution in [-0.2, 0) is 9.59 Å². The average Bonchev–Trinajstić information content (AvgIpc) is 2.75. The number of hydrogen-bond donors (Lipinski definition) is 2. The predicted molar refractivity (Wildman–Crippen MR) is 84.6 cm³/mol. The SMILES string of the molecule is CC1(C(=O)O)CCN(CC(=O)Nc2ccc(I)cc2)C1. The first kappa shape index (κ1) is 15.2. The van der Waals surface area contributed by atoms with Crippen LogP contribution in [0.5, 0.6) is 0 Å². The number of benzene rings is 1. The van der Waals surface area contributed by atoms with E-state index in [-0.39, 0.29) is 12.5 Å². The summed E-state index contributed by atoms with van der Waals surface area (Å²) in [5.74, 6) is -0.904. The van der Waals surface area contributed by atoms with Crippen LogP contribution in [0.2, 0.25) is 0 Å². The number of likely N-dealkylation sites (tertiary alicyclic amines) is 1. The summed E-state index contributed by atoms with van der Waals surface area (Å²) in [6, 6.07) is 7.55. The van der Waals surface area contributed by atoms with Gasteiger partial charge in [-0.3, -0.25) is 14.5 Å². The van der Waals surface area contributed by atoms with E-state index in [1.165, 1.54) is 0 Å². The van der Waals surface area contributed by atoms with Gasteiger partial charge in [-0.25, -0.2) is 0 Å². The highest BCUT2D eigenvalue weighted by atomic mass is 127. The number of carboxylic acid groups (broad SMARTS) is 1. The molecule has 6 heteroatoms. The zero-order chi connectivity index (χ0) is 14.8. The molecular weight excluding hydrogens is 371 g/mol. The molecule has 2 N–H and O–H groups in total. The first-order valence-electron chi connectivity index (χ1n) is 6.40. The number of carbonyl (C=O) groups is 2. The van der Waals surface area contributed by atoms with Crippen LogP contribution in [0.1, 0.15) is 13.3 Å². The molecule has 0 spiro atoms. The molecule has 1 aromatic rings. The van der Waals surface area contributed by atoms with Crippen LogP contribution in [0, 0.1) is 8.99 Å². The van der Waals surface area contributed by atoms with Gasteiger partial charge in [-0.2, -0.15) is 0 Å². The Hall–Kier alpha value is -1.15. The molecule has 1 aliphatic heterocycles. The normalized spacial score (nSPS) is 22.7. The number of carboxylic acids is 1. The number of rotatable bonds is 4. The predicted octanol–water partition coefficient (Wildman–Crippen LogP) is 2.03. The molecule has 1 unspecified atom stereocenters. The lowest BCUT2D eigenvalue weighted by Crippen LogP contribution is -2.35. The third-order valence-electron chi connectivity index (χ3n) is 3.56. The number of aliphatic carboxylic acids is 1. The first-order valence-corrected chi connectivity index (χ1v) is 7.48. The fourth-order valence-electron chi connectivity index (χ4n) is 2.30. The Balaban J connectivity index is 1.87. The van der Waals surface area contributed by atoms with Crippen molar-refractivity contribution in [1.29, 1.82) is 0 Å². The second-order valence-electron chi connectivity index (χ2n) is 5.38. The molecule has 0 aromatic heterocycles. The Bertz CT molecular complexity index is 518. The van der Waals surface area contributed by atoms with Crippen molar-refractivity contribution < 1.29 is 14.7 Å². The monoisotopic (exact) mass is 388 g/mol. The summed E-state index contributed by atoms with van der Waals surface area (Å²) >= 11 is 2.20. The number of carbonyl (C=O) groups excluding carboxylic acids is 1. The number of halogens is 1. The van der Waals surface area contributed by atoms with Gasteiger partial charge in [0.25, 0.3) is 0 Å². The number of amides is 1. The maximum Gasteiger partial charge on any atom is 0.310 e. The van der Waals surface area contributed by atoms with E-state index in [1.807, 2.05) is 29.2 Å². The van der Waals surface area contributed by atoms with Gasteiger partial charge in [-0.05, 0) is 66.7 Å². The highest BCUT2D eigenvalue weighted by Gasteiger charge is 2.40. The standard InChI is InChI=1S/C14H17IN2O3/c1-14(13(19)20)6-7-17(9-14)8-12(18)16-11-4-2-10(15)3-5-11/h2-5H,6-9H2,1H3,(H,16,18)(H,19,20). The molecule has 0 saturated carbocycles. The third kappa shape index (κ3) is 3.69. The number of anilines is 1. The van der Waals surface area contributed by atoms with E-state index < -0.39 is 11.4 Å². The smallest absolute Gasteiger partial charge is 0.310 e. The molecule has 1 heterocycles. The molecule has 5 nitrogen and oxygen atoms in total. The molecule has 1 amide bonds. The van der Waals surface area contributed by atoms with Crippen LogP contribution in [-0.4, -0.2) is 41.5 Å². The lowest BCUT2D eigenvalue weighted by Gasteiger charge is -2.19. The van der Waals surface area contributed by atoms with Crippen LogP contribution in [0.25, 0.3) is 0 Å². The molecule has 0 radical (unpaired) electrons. The molecule has 0 bridgehead atoms. The van der Waals surface area contributed by atoms with Crippen molar-refractivity contribution in [3.8, 4) is 0 Å². The summed E-state index contributed by atoms with van der Waals surface area (Å²) in [6.07, 6.45) is 0.582. The van der Waals surface area contributed by atoms with Gasteiger partial charge in [0.15, 0.2) is 0 Å². The Morgan fingerprint density at radius 2 is 2.05 bits per heavy atom. The Morgan fingerprint density at radius 1 is 1.40 bits per heavy atom. The molecule has 1 fully saturated rings. The van der Waals surface area contributed by atoms with Gasteiger partial charge >= 0.3 is 5.97 Å². The second-order valence-corrected chi connectivity index (χ2v) is 6.63. The van der Waals surface area contributed by atoms with Crippen molar-refractivity contribution in [3.05, 3.63) is 27.8 Å². The molecule has 1 atom stereocenters. The van der Waals surface area contributed by atoms with Crippen LogP contribution in [0.4, 0.5) is 5.69 Å². The third-order valence-corrected chi connectivity index (χ3v) is 4.28. The van der Waals surface area contributed by atoms with Gasteiger partial charge < -0.3 is 10.4 Å². The van der Waals surface area contributed by atoms with Crippen molar-refractivity contribution in [3.63, 3.8) is 0 Å². The molecule has 0 aliphatic carbocycles. The fourth-order valence-corrected chi connectivity index (χ4v) is 2.66. The zero-order valence-electron chi connectivity index (χ0n) is 11.2. The van der Waals surface area contributed by atoms with Gasteiger partial charge in [0.05, 0.1) is 12.0 Å². The molecule has 20 heavy (non-hydrogen) atoms. The van der Waals surface area contributed by atoms with Crippen LogP contribution >= 0.6 is 22.6 Å². The minimum absolute atomic E-state index is 0.110. The Kier molecular flexibility index (Phi) is 4.64. The van der Waals surface area contributed by atoms with Gasteiger partial charge in [0, 0.05) is 15.8 Å². The van der Waals surface area contributed by atoms with Crippen molar-refractivity contribution >= 4 is 40.2 Å². The van der Waals surface area contributed by atoms with Gasteiger partial charge in [0.2, 0.25) is 5.91 Å². The topological polar surface area (TPSA) is 69.6 Å². The maximum absolute atomic E-state index is 11.9. The van der Waals surface area contributed by atoms with Crippen molar-refractivity contribution in [2.75, 3.05) is 25.0 Å². The van der Waals surface area contributed by atoms with Gasteiger partial charge in [-0.1, -0.05) is 0 Å². The molecular formula is C14H17IN2O3. The lowest BCUT2D eigenvalue weighted by atomic mass is 9.90. The highest BCUT2D eigenvalue weighted by molar-refractivity contribution is 14.1. The summed E-state index contributed by atoms with van der Waals surface area (Å²) in [5, 5.41) is 12.0. The first-order chi connectivity index (χ1) is 9.39. The van der Waals surface area contributed by atoms with Crippen LogP contribution in [0.15, 0.2) is 24.3 Å². The summed E-state index contributed by atoms with van der Waals surface area (Å²) < 4.78 is 1.11. The Morgan fingerprint density at radius 3 is 2.60 bits per heavy atom. The van der Waals surface area contributed by atoms with E-state index in [9.17, 15) is 9.59 Å². The summed E-state index contributed by atoms with van der Waals surface area (Å²) in [5.41, 5.74) is 0.0268. The highest BCUT2D eigenvalue weighted by Crippen LogP contribution is 2.29. The van der Waals surface area contributed by atoms with Crippen molar-refractivity contribution in [2.45, 2.75) is 13.3 Å². The summed E-state index contributed by atoms with van der Waals surface area (Å²) in [4.78, 5) is 25.0. The van der Waals surface area contributed by atoms with E-state index >= 15 is 0 Å². The second kappa shape index (κ2) is 6.09. The minimum Gasteiger partial charge on any atom is -0.481 e. The molecule has 1 aliphatic rings.